The van der Waals surface area contributed by atoms with Crippen LogP contribution in [0, 0.1) is 0 Å². The zero-order chi connectivity index (χ0) is 16.1. The summed E-state index contributed by atoms with van der Waals surface area (Å²) in [6, 6.07) is 25.9. The normalized spacial score (nSPS) is 11.1. The first-order valence-electron chi connectivity index (χ1n) is 7.39. The Bertz CT molecular complexity index is 778. The molecule has 1 N–H and O–H groups in total. The molecule has 0 heterocycles. The largest absolute Gasteiger partial charge is 0.457 e. The Labute approximate surface area is 137 Å². The first-order valence-corrected chi connectivity index (χ1v) is 8.92. The Morgan fingerprint density at radius 2 is 1.26 bits per heavy atom. The average Bonchev–Trinajstić information content (AvgIpc) is 2.63. The molecule has 1 atom stereocenters. The third-order valence-electron chi connectivity index (χ3n) is 3.56. The van der Waals surface area contributed by atoms with Crippen LogP contribution in [-0.4, -0.2) is 11.4 Å². The van der Waals surface area contributed by atoms with Gasteiger partial charge in [-0.1, -0.05) is 30.3 Å². The fraction of sp³-hybridized carbons (Fsp3) is 0.0500. The molecule has 3 aromatic rings. The Balaban J connectivity index is 1.72. The van der Waals surface area contributed by atoms with Crippen molar-refractivity contribution >= 4 is 24.5 Å². The summed E-state index contributed by atoms with van der Waals surface area (Å²) in [5.41, 5.74) is 0.873. The molecule has 3 rings (SSSR count). The highest BCUT2D eigenvalue weighted by atomic mass is 31.1. The summed E-state index contributed by atoms with van der Waals surface area (Å²) < 4.78 is 5.82. The standard InChI is InChI=1S/C20H18O2P/c1-23(19-5-3-2-4-6-19)20-13-11-18(12-14-20)22-17-9-7-16(15-21)8-10-17/h2-14,21H,1,15H2/q+1. The minimum Gasteiger partial charge on any atom is -0.457 e. The van der Waals surface area contributed by atoms with Gasteiger partial charge in [-0.25, -0.2) is 0 Å². The van der Waals surface area contributed by atoms with Gasteiger partial charge in [0.25, 0.3) is 0 Å². The van der Waals surface area contributed by atoms with Crippen molar-refractivity contribution in [3.63, 3.8) is 0 Å². The number of rotatable bonds is 5. The number of hydrogen-bond donors (Lipinski definition) is 1. The summed E-state index contributed by atoms with van der Waals surface area (Å²) in [6.07, 6.45) is 4.31. The first-order chi connectivity index (χ1) is 11.3. The van der Waals surface area contributed by atoms with Gasteiger partial charge in [0, 0.05) is 0 Å². The molecule has 0 amide bonds. The van der Waals surface area contributed by atoms with Crippen LogP contribution >= 0.6 is 7.55 Å². The molecule has 0 bridgehead atoms. The molecule has 0 aliphatic carbocycles. The summed E-state index contributed by atoms with van der Waals surface area (Å²) >= 11 is 0. The van der Waals surface area contributed by atoms with Crippen molar-refractivity contribution in [3.05, 3.63) is 84.4 Å². The highest BCUT2D eigenvalue weighted by Crippen LogP contribution is 2.24. The van der Waals surface area contributed by atoms with Crippen LogP contribution in [0.25, 0.3) is 0 Å². The summed E-state index contributed by atoms with van der Waals surface area (Å²) in [5.74, 6) is 1.55. The molecule has 0 aliphatic heterocycles. The maximum absolute atomic E-state index is 9.05. The van der Waals surface area contributed by atoms with E-state index >= 15 is 0 Å². The number of aliphatic hydroxyl groups is 1. The van der Waals surface area contributed by atoms with Gasteiger partial charge in [0.15, 0.2) is 18.2 Å². The van der Waals surface area contributed by atoms with Gasteiger partial charge in [0.1, 0.15) is 11.5 Å². The summed E-state index contributed by atoms with van der Waals surface area (Å²) in [6.45, 7) is 0.0432. The van der Waals surface area contributed by atoms with E-state index in [4.69, 9.17) is 9.84 Å². The van der Waals surface area contributed by atoms with Gasteiger partial charge in [-0.2, -0.15) is 0 Å². The van der Waals surface area contributed by atoms with E-state index in [1.54, 1.807) is 0 Å². The van der Waals surface area contributed by atoms with Crippen LogP contribution in [0.15, 0.2) is 78.9 Å². The van der Waals surface area contributed by atoms with E-state index in [0.717, 1.165) is 17.1 Å². The van der Waals surface area contributed by atoms with Crippen molar-refractivity contribution in [2.45, 2.75) is 6.61 Å². The van der Waals surface area contributed by atoms with E-state index in [0.29, 0.717) is 0 Å². The Morgan fingerprint density at radius 3 is 1.83 bits per heavy atom. The second-order valence-corrected chi connectivity index (χ2v) is 7.05. The van der Waals surface area contributed by atoms with Gasteiger partial charge in [-0.05, 0) is 54.1 Å². The van der Waals surface area contributed by atoms with Gasteiger partial charge in [0.05, 0.1) is 12.9 Å². The van der Waals surface area contributed by atoms with Crippen LogP contribution in [0.1, 0.15) is 5.56 Å². The summed E-state index contributed by atoms with van der Waals surface area (Å²) in [5, 5.41) is 11.5. The quantitative estimate of drug-likeness (QED) is 0.724. The van der Waals surface area contributed by atoms with Crippen molar-refractivity contribution in [1.29, 1.82) is 0 Å². The molecule has 0 spiro atoms. The van der Waals surface area contributed by atoms with E-state index in [1.165, 1.54) is 10.6 Å². The van der Waals surface area contributed by atoms with Crippen molar-refractivity contribution in [3.8, 4) is 11.5 Å². The van der Waals surface area contributed by atoms with E-state index in [1.807, 2.05) is 54.6 Å². The van der Waals surface area contributed by atoms with Crippen molar-refractivity contribution < 1.29 is 9.84 Å². The third-order valence-corrected chi connectivity index (χ3v) is 5.40. The van der Waals surface area contributed by atoms with Crippen LogP contribution in [0.5, 0.6) is 11.5 Å². The lowest BCUT2D eigenvalue weighted by molar-refractivity contribution is 0.281. The fourth-order valence-corrected chi connectivity index (χ4v) is 3.59. The predicted molar refractivity (Wildman–Crippen MR) is 98.6 cm³/mol. The highest BCUT2D eigenvalue weighted by Gasteiger charge is 2.14. The summed E-state index contributed by atoms with van der Waals surface area (Å²) in [4.78, 5) is 0. The van der Waals surface area contributed by atoms with Gasteiger partial charge in [-0.15, -0.1) is 0 Å². The number of aliphatic hydroxyl groups excluding tert-OH is 1. The molecule has 0 fully saturated rings. The lowest BCUT2D eigenvalue weighted by Gasteiger charge is -2.06. The molecule has 3 aromatic carbocycles. The van der Waals surface area contributed by atoms with Crippen LogP contribution < -0.4 is 15.3 Å². The number of ether oxygens (including phenoxy) is 1. The van der Waals surface area contributed by atoms with Crippen LogP contribution in [0.4, 0.5) is 0 Å². The SMILES string of the molecule is C=[P+](c1ccccc1)c1ccc(Oc2ccc(CO)cc2)cc1. The fourth-order valence-electron chi connectivity index (χ4n) is 2.25. The molecule has 0 aromatic heterocycles. The van der Waals surface area contributed by atoms with Gasteiger partial charge < -0.3 is 9.84 Å². The van der Waals surface area contributed by atoms with Crippen molar-refractivity contribution in [1.82, 2.24) is 0 Å². The van der Waals surface area contributed by atoms with E-state index < -0.39 is 7.55 Å². The molecule has 114 valence electrons. The van der Waals surface area contributed by atoms with Gasteiger partial charge in [0.2, 0.25) is 0 Å². The number of benzene rings is 3. The van der Waals surface area contributed by atoms with Crippen LogP contribution in [0.2, 0.25) is 0 Å². The van der Waals surface area contributed by atoms with Gasteiger partial charge >= 0.3 is 0 Å². The van der Waals surface area contributed by atoms with Crippen molar-refractivity contribution in [2.75, 3.05) is 0 Å². The maximum Gasteiger partial charge on any atom is 0.162 e. The molecule has 2 nitrogen and oxygen atoms in total. The van der Waals surface area contributed by atoms with E-state index in [2.05, 4.69) is 30.6 Å². The predicted octanol–water partition coefficient (Wildman–Crippen LogP) is 3.84. The molecule has 0 saturated heterocycles. The highest BCUT2D eigenvalue weighted by molar-refractivity contribution is 7.70. The third kappa shape index (κ3) is 3.87. The Morgan fingerprint density at radius 1 is 0.739 bits per heavy atom. The molecule has 0 saturated carbocycles. The smallest absolute Gasteiger partial charge is 0.162 e. The molecule has 23 heavy (non-hydrogen) atoms. The van der Waals surface area contributed by atoms with Gasteiger partial charge in [-0.3, -0.25) is 0 Å². The lowest BCUT2D eigenvalue weighted by atomic mass is 10.2. The summed E-state index contributed by atoms with van der Waals surface area (Å²) in [7, 11) is -0.582. The van der Waals surface area contributed by atoms with Crippen LogP contribution in [0.3, 0.4) is 0 Å². The lowest BCUT2D eigenvalue weighted by Crippen LogP contribution is -2.05. The molecule has 0 aliphatic rings. The Kier molecular flexibility index (Phi) is 4.87. The molecular formula is C20H18O2P+. The van der Waals surface area contributed by atoms with E-state index in [-0.39, 0.29) is 6.61 Å². The maximum atomic E-state index is 9.05. The minimum absolute atomic E-state index is 0.0432. The zero-order valence-electron chi connectivity index (χ0n) is 12.7. The first kappa shape index (κ1) is 15.5. The molecule has 1 unspecified atom stereocenters. The molecule has 3 heteroatoms. The number of hydrogen-bond acceptors (Lipinski definition) is 2. The Hall–Kier alpha value is -2.41. The average molecular weight is 321 g/mol. The van der Waals surface area contributed by atoms with Crippen LogP contribution in [-0.2, 0) is 6.61 Å². The van der Waals surface area contributed by atoms with E-state index in [9.17, 15) is 0 Å². The second-order valence-electron chi connectivity index (χ2n) is 5.16. The minimum atomic E-state index is -0.582. The molecular weight excluding hydrogens is 303 g/mol. The topological polar surface area (TPSA) is 29.5 Å². The monoisotopic (exact) mass is 321 g/mol. The zero-order valence-corrected chi connectivity index (χ0v) is 13.6. The van der Waals surface area contributed by atoms with Crippen molar-refractivity contribution in [2.24, 2.45) is 0 Å². The second kappa shape index (κ2) is 7.23. The molecule has 0 radical (unpaired) electrons.